The minimum atomic E-state index is -1.81. The molecule has 0 aromatic heterocycles. The van der Waals surface area contributed by atoms with Gasteiger partial charge in [0.25, 0.3) is 0 Å². The number of benzene rings is 4. The molecule has 0 spiro atoms. The zero-order valence-corrected chi connectivity index (χ0v) is 20.9. The van der Waals surface area contributed by atoms with Crippen LogP contribution in [0.1, 0.15) is 45.7 Å². The Balaban J connectivity index is 1.93. The van der Waals surface area contributed by atoms with Gasteiger partial charge in [-0.2, -0.15) is 0 Å². The number of ether oxygens (including phenoxy) is 2. The van der Waals surface area contributed by atoms with Gasteiger partial charge in [0, 0.05) is 24.0 Å². The molecule has 0 atom stereocenters. The molecular formula is C31H28O6. The summed E-state index contributed by atoms with van der Waals surface area (Å²) in [6, 6.07) is 22.0. The van der Waals surface area contributed by atoms with Crippen molar-refractivity contribution in [3.63, 3.8) is 0 Å². The third-order valence-corrected chi connectivity index (χ3v) is 6.67. The van der Waals surface area contributed by atoms with Crippen molar-refractivity contribution in [1.82, 2.24) is 0 Å². The number of rotatable bonds is 10. The van der Waals surface area contributed by atoms with Crippen LogP contribution in [-0.4, -0.2) is 37.7 Å². The van der Waals surface area contributed by atoms with Gasteiger partial charge in [-0.1, -0.05) is 72.8 Å². The summed E-state index contributed by atoms with van der Waals surface area (Å²) in [6.45, 7) is 3.42. The van der Waals surface area contributed by atoms with Crippen LogP contribution in [0.5, 0.6) is 0 Å². The van der Waals surface area contributed by atoms with Crippen LogP contribution in [0.25, 0.3) is 21.5 Å². The Morgan fingerprint density at radius 2 is 1.05 bits per heavy atom. The fourth-order valence-electron chi connectivity index (χ4n) is 4.89. The van der Waals surface area contributed by atoms with E-state index in [9.17, 15) is 19.2 Å². The van der Waals surface area contributed by atoms with Crippen LogP contribution in [-0.2, 0) is 31.9 Å². The maximum Gasteiger partial charge on any atom is 0.324 e. The zero-order chi connectivity index (χ0) is 26.4. The van der Waals surface area contributed by atoms with E-state index < -0.39 is 17.4 Å². The second kappa shape index (κ2) is 11.2. The maximum atomic E-state index is 13.6. The monoisotopic (exact) mass is 496 g/mol. The standard InChI is InChI=1S/C31H28O6/c1-3-36-29(34)31(30(35)37-4-2,17-23-15-13-21-9-5-7-11-25(21)27(23)19-32)18-24-16-14-22-10-6-8-12-26(22)28(24)20-33/h5-16,19-20H,3-4,17-18H2,1-2H3. The van der Waals surface area contributed by atoms with E-state index in [2.05, 4.69) is 0 Å². The lowest BCUT2D eigenvalue weighted by Gasteiger charge is -2.30. The van der Waals surface area contributed by atoms with Crippen LogP contribution < -0.4 is 0 Å². The lowest BCUT2D eigenvalue weighted by atomic mass is 9.74. The second-order valence-electron chi connectivity index (χ2n) is 8.83. The van der Waals surface area contributed by atoms with E-state index in [0.717, 1.165) is 34.1 Å². The first-order valence-electron chi connectivity index (χ1n) is 12.2. The maximum absolute atomic E-state index is 13.6. The fraction of sp³-hybridized carbons (Fsp3) is 0.226. The Morgan fingerprint density at radius 3 is 1.43 bits per heavy atom. The normalized spacial score (nSPS) is 11.3. The molecule has 0 aliphatic heterocycles. The summed E-state index contributed by atoms with van der Waals surface area (Å²) < 4.78 is 10.8. The highest BCUT2D eigenvalue weighted by Crippen LogP contribution is 2.36. The summed E-state index contributed by atoms with van der Waals surface area (Å²) >= 11 is 0. The van der Waals surface area contributed by atoms with Crippen molar-refractivity contribution in [2.75, 3.05) is 13.2 Å². The molecule has 4 aromatic carbocycles. The van der Waals surface area contributed by atoms with Gasteiger partial charge in [-0.3, -0.25) is 19.2 Å². The van der Waals surface area contributed by atoms with Gasteiger partial charge in [0.1, 0.15) is 0 Å². The number of hydrogen-bond donors (Lipinski definition) is 0. The van der Waals surface area contributed by atoms with Crippen LogP contribution >= 0.6 is 0 Å². The van der Waals surface area contributed by atoms with Crippen molar-refractivity contribution < 1.29 is 28.7 Å². The van der Waals surface area contributed by atoms with E-state index in [1.54, 1.807) is 26.0 Å². The molecule has 0 heterocycles. The second-order valence-corrected chi connectivity index (χ2v) is 8.83. The first-order valence-corrected chi connectivity index (χ1v) is 12.2. The van der Waals surface area contributed by atoms with Crippen LogP contribution in [0, 0.1) is 5.41 Å². The van der Waals surface area contributed by atoms with Crippen molar-refractivity contribution in [3.8, 4) is 0 Å². The molecule has 0 fully saturated rings. The minimum absolute atomic E-state index is 0.0521. The Morgan fingerprint density at radius 1 is 0.649 bits per heavy atom. The topological polar surface area (TPSA) is 86.7 Å². The first kappa shape index (κ1) is 25.8. The van der Waals surface area contributed by atoms with Crippen molar-refractivity contribution in [1.29, 1.82) is 0 Å². The Labute approximate surface area is 215 Å². The largest absolute Gasteiger partial charge is 0.465 e. The molecule has 0 bridgehead atoms. The molecule has 0 unspecified atom stereocenters. The van der Waals surface area contributed by atoms with E-state index in [4.69, 9.17) is 9.47 Å². The molecule has 0 N–H and O–H groups in total. The number of aldehydes is 2. The number of fused-ring (bicyclic) bond motifs is 2. The average molecular weight is 497 g/mol. The van der Waals surface area contributed by atoms with E-state index in [1.165, 1.54) is 0 Å². The Bertz CT molecular complexity index is 1370. The van der Waals surface area contributed by atoms with E-state index in [-0.39, 0.29) is 26.1 Å². The van der Waals surface area contributed by atoms with Gasteiger partial charge < -0.3 is 9.47 Å². The van der Waals surface area contributed by atoms with Gasteiger partial charge in [0.05, 0.1) is 13.2 Å². The van der Waals surface area contributed by atoms with E-state index in [0.29, 0.717) is 22.3 Å². The summed E-state index contributed by atoms with van der Waals surface area (Å²) in [6.07, 6.45) is 1.22. The number of carbonyl (C=O) groups is 4. The van der Waals surface area contributed by atoms with Gasteiger partial charge in [0.2, 0.25) is 0 Å². The van der Waals surface area contributed by atoms with Gasteiger partial charge in [0.15, 0.2) is 18.0 Å². The summed E-state index contributed by atoms with van der Waals surface area (Å²) in [7, 11) is 0. The molecule has 4 rings (SSSR count). The lowest BCUT2D eigenvalue weighted by molar-refractivity contribution is -0.172. The summed E-state index contributed by atoms with van der Waals surface area (Å²) in [5.41, 5.74) is 0.00815. The average Bonchev–Trinajstić information content (AvgIpc) is 2.92. The smallest absolute Gasteiger partial charge is 0.324 e. The first-order chi connectivity index (χ1) is 18.0. The van der Waals surface area contributed by atoms with Gasteiger partial charge in [-0.25, -0.2) is 0 Å². The molecule has 6 heteroatoms. The SMILES string of the molecule is CCOC(=O)C(Cc1ccc2ccccc2c1C=O)(Cc1ccc2ccccc2c1C=O)C(=O)OCC. The molecule has 0 aliphatic rings. The molecule has 0 aliphatic carbocycles. The highest BCUT2D eigenvalue weighted by molar-refractivity contribution is 6.04. The molecule has 6 nitrogen and oxygen atoms in total. The van der Waals surface area contributed by atoms with Crippen molar-refractivity contribution in [2.45, 2.75) is 26.7 Å². The van der Waals surface area contributed by atoms with Gasteiger partial charge in [-0.05, 0) is 46.5 Å². The molecule has 0 saturated carbocycles. The molecule has 0 radical (unpaired) electrons. The van der Waals surface area contributed by atoms with Crippen LogP contribution in [0.2, 0.25) is 0 Å². The predicted octanol–water partition coefficient (Wildman–Crippen LogP) is 5.52. The number of esters is 2. The zero-order valence-electron chi connectivity index (χ0n) is 20.9. The quantitative estimate of drug-likeness (QED) is 0.163. The van der Waals surface area contributed by atoms with Gasteiger partial charge in [-0.15, -0.1) is 0 Å². The van der Waals surface area contributed by atoms with Crippen LogP contribution in [0.4, 0.5) is 0 Å². The minimum Gasteiger partial charge on any atom is -0.465 e. The molecule has 4 aromatic rings. The summed E-state index contributed by atoms with van der Waals surface area (Å²) in [5.74, 6) is -1.52. The van der Waals surface area contributed by atoms with E-state index in [1.807, 2.05) is 60.7 Å². The van der Waals surface area contributed by atoms with Crippen molar-refractivity contribution in [3.05, 3.63) is 95.1 Å². The highest BCUT2D eigenvalue weighted by Gasteiger charge is 2.50. The van der Waals surface area contributed by atoms with Gasteiger partial charge >= 0.3 is 11.9 Å². The van der Waals surface area contributed by atoms with Crippen molar-refractivity contribution >= 4 is 46.1 Å². The highest BCUT2D eigenvalue weighted by atomic mass is 16.6. The fourth-order valence-corrected chi connectivity index (χ4v) is 4.89. The van der Waals surface area contributed by atoms with Crippen LogP contribution in [0.3, 0.4) is 0 Å². The molecule has 0 saturated heterocycles. The molecule has 37 heavy (non-hydrogen) atoms. The number of hydrogen-bond acceptors (Lipinski definition) is 6. The third-order valence-electron chi connectivity index (χ3n) is 6.67. The Kier molecular flexibility index (Phi) is 7.77. The molecular weight excluding hydrogens is 468 g/mol. The third kappa shape index (κ3) is 4.87. The molecule has 188 valence electrons. The molecule has 0 amide bonds. The van der Waals surface area contributed by atoms with Crippen molar-refractivity contribution in [2.24, 2.45) is 5.41 Å². The Hall–Kier alpha value is -4.32. The van der Waals surface area contributed by atoms with E-state index >= 15 is 0 Å². The predicted molar refractivity (Wildman–Crippen MR) is 142 cm³/mol. The number of carbonyl (C=O) groups excluding carboxylic acids is 4. The lowest BCUT2D eigenvalue weighted by Crippen LogP contribution is -2.46. The summed E-state index contributed by atoms with van der Waals surface area (Å²) in [5, 5.41) is 3.17. The summed E-state index contributed by atoms with van der Waals surface area (Å²) in [4.78, 5) is 51.7. The van der Waals surface area contributed by atoms with Crippen LogP contribution in [0.15, 0.2) is 72.8 Å².